The molecule has 2 aromatic carbocycles. The Hall–Kier alpha value is -0.720. The van der Waals surface area contributed by atoms with Crippen molar-refractivity contribution in [1.82, 2.24) is 0 Å². The standard InChI is InChI=1S/C14H10Br3NO2/c15-9-4-10(16)13(11(17)5-9)18-6-8-2-1-3-12-14(8)20-7-19-12/h1-5,18H,6-7H2. The molecule has 1 heterocycles. The van der Waals surface area contributed by atoms with E-state index < -0.39 is 0 Å². The second kappa shape index (κ2) is 5.95. The molecule has 1 N–H and O–H groups in total. The Balaban J connectivity index is 1.83. The summed E-state index contributed by atoms with van der Waals surface area (Å²) in [5, 5.41) is 3.40. The number of para-hydroxylation sites is 1. The van der Waals surface area contributed by atoms with Gasteiger partial charge in [0.1, 0.15) is 0 Å². The van der Waals surface area contributed by atoms with Crippen molar-refractivity contribution in [3.8, 4) is 11.5 Å². The van der Waals surface area contributed by atoms with Gasteiger partial charge in [0, 0.05) is 25.5 Å². The lowest BCUT2D eigenvalue weighted by Crippen LogP contribution is -2.02. The van der Waals surface area contributed by atoms with Crippen LogP contribution in [0.25, 0.3) is 0 Å². The van der Waals surface area contributed by atoms with Gasteiger partial charge in [-0.15, -0.1) is 0 Å². The van der Waals surface area contributed by atoms with Crippen LogP contribution in [0, 0.1) is 0 Å². The van der Waals surface area contributed by atoms with Crippen molar-refractivity contribution in [2.45, 2.75) is 6.54 Å². The van der Waals surface area contributed by atoms with E-state index in [-0.39, 0.29) is 6.79 Å². The molecule has 0 aromatic heterocycles. The largest absolute Gasteiger partial charge is 0.454 e. The molecule has 3 nitrogen and oxygen atoms in total. The highest BCUT2D eigenvalue weighted by molar-refractivity contribution is 9.11. The van der Waals surface area contributed by atoms with E-state index in [1.54, 1.807) is 0 Å². The summed E-state index contributed by atoms with van der Waals surface area (Å²) in [5.74, 6) is 1.63. The van der Waals surface area contributed by atoms with Gasteiger partial charge in [-0.05, 0) is 50.1 Å². The van der Waals surface area contributed by atoms with E-state index in [4.69, 9.17) is 9.47 Å². The maximum absolute atomic E-state index is 5.50. The van der Waals surface area contributed by atoms with Gasteiger partial charge >= 0.3 is 0 Å². The molecule has 20 heavy (non-hydrogen) atoms. The van der Waals surface area contributed by atoms with Gasteiger partial charge in [-0.25, -0.2) is 0 Å². The van der Waals surface area contributed by atoms with E-state index in [0.29, 0.717) is 6.54 Å². The minimum atomic E-state index is 0.290. The highest BCUT2D eigenvalue weighted by Gasteiger charge is 2.17. The van der Waals surface area contributed by atoms with Crippen LogP contribution < -0.4 is 14.8 Å². The Morgan fingerprint density at radius 2 is 1.80 bits per heavy atom. The molecule has 0 spiro atoms. The number of fused-ring (bicyclic) bond motifs is 1. The van der Waals surface area contributed by atoms with Crippen LogP contribution in [-0.4, -0.2) is 6.79 Å². The maximum atomic E-state index is 5.50. The molecule has 0 bridgehead atoms. The fourth-order valence-electron chi connectivity index (χ4n) is 2.02. The van der Waals surface area contributed by atoms with Gasteiger partial charge in [-0.3, -0.25) is 0 Å². The van der Waals surface area contributed by atoms with Gasteiger partial charge in [0.2, 0.25) is 6.79 Å². The van der Waals surface area contributed by atoms with E-state index in [1.807, 2.05) is 30.3 Å². The molecule has 0 amide bonds. The van der Waals surface area contributed by atoms with Crippen LogP contribution in [0.1, 0.15) is 5.56 Å². The van der Waals surface area contributed by atoms with Gasteiger partial charge in [0.05, 0.1) is 5.69 Å². The third kappa shape index (κ3) is 2.82. The average molecular weight is 464 g/mol. The first-order chi connectivity index (χ1) is 9.65. The molecule has 0 fully saturated rings. The molecule has 0 saturated carbocycles. The van der Waals surface area contributed by atoms with Crippen molar-refractivity contribution < 1.29 is 9.47 Å². The molecule has 104 valence electrons. The molecule has 0 unspecified atom stereocenters. The van der Waals surface area contributed by atoms with Crippen LogP contribution >= 0.6 is 47.8 Å². The van der Waals surface area contributed by atoms with Gasteiger partial charge < -0.3 is 14.8 Å². The lowest BCUT2D eigenvalue weighted by atomic mass is 10.2. The summed E-state index contributed by atoms with van der Waals surface area (Å²) in [6.07, 6.45) is 0. The molecule has 0 radical (unpaired) electrons. The number of ether oxygens (including phenoxy) is 2. The van der Waals surface area contributed by atoms with Gasteiger partial charge in [-0.2, -0.15) is 0 Å². The first-order valence-electron chi connectivity index (χ1n) is 5.91. The molecule has 2 aromatic rings. The number of hydrogen-bond acceptors (Lipinski definition) is 3. The number of hydrogen-bond donors (Lipinski definition) is 1. The number of benzene rings is 2. The molecule has 0 atom stereocenters. The third-order valence-electron chi connectivity index (χ3n) is 2.94. The number of nitrogens with one attached hydrogen (secondary N) is 1. The van der Waals surface area contributed by atoms with E-state index in [1.165, 1.54) is 0 Å². The predicted octanol–water partition coefficient (Wildman–Crippen LogP) is 5.31. The Labute approximate surface area is 142 Å². The number of halogens is 3. The highest BCUT2D eigenvalue weighted by atomic mass is 79.9. The average Bonchev–Trinajstić information content (AvgIpc) is 2.86. The molecular weight excluding hydrogens is 454 g/mol. The van der Waals surface area contributed by atoms with Crippen molar-refractivity contribution in [2.75, 3.05) is 12.1 Å². The maximum Gasteiger partial charge on any atom is 0.231 e. The summed E-state index contributed by atoms with van der Waals surface area (Å²) in [4.78, 5) is 0. The van der Waals surface area contributed by atoms with Crippen molar-refractivity contribution in [3.05, 3.63) is 49.3 Å². The van der Waals surface area contributed by atoms with Crippen LogP contribution in [0.3, 0.4) is 0 Å². The van der Waals surface area contributed by atoms with E-state index in [2.05, 4.69) is 53.1 Å². The lowest BCUT2D eigenvalue weighted by molar-refractivity contribution is 0.173. The number of rotatable bonds is 3. The van der Waals surface area contributed by atoms with E-state index in [0.717, 1.165) is 36.2 Å². The first kappa shape index (κ1) is 14.2. The van der Waals surface area contributed by atoms with Gasteiger partial charge in [0.25, 0.3) is 0 Å². The Bertz CT molecular complexity index is 638. The second-order valence-electron chi connectivity index (χ2n) is 4.25. The van der Waals surface area contributed by atoms with E-state index >= 15 is 0 Å². The van der Waals surface area contributed by atoms with Gasteiger partial charge in [-0.1, -0.05) is 28.1 Å². The summed E-state index contributed by atoms with van der Waals surface area (Å²) in [6, 6.07) is 9.92. The zero-order chi connectivity index (χ0) is 14.1. The normalized spacial score (nSPS) is 12.6. The Morgan fingerprint density at radius 3 is 2.55 bits per heavy atom. The van der Waals surface area contributed by atoms with Crippen molar-refractivity contribution in [1.29, 1.82) is 0 Å². The fourth-order valence-corrected chi connectivity index (χ4v) is 4.56. The molecule has 1 aliphatic heterocycles. The third-order valence-corrected chi connectivity index (χ3v) is 4.65. The minimum Gasteiger partial charge on any atom is -0.454 e. The summed E-state index contributed by atoms with van der Waals surface area (Å²) >= 11 is 10.6. The smallest absolute Gasteiger partial charge is 0.231 e. The van der Waals surface area contributed by atoms with Crippen molar-refractivity contribution in [3.63, 3.8) is 0 Å². The first-order valence-corrected chi connectivity index (χ1v) is 8.29. The zero-order valence-electron chi connectivity index (χ0n) is 10.3. The molecule has 0 aliphatic carbocycles. The van der Waals surface area contributed by atoms with Crippen LogP contribution in [-0.2, 0) is 6.54 Å². The molecule has 6 heteroatoms. The predicted molar refractivity (Wildman–Crippen MR) is 89.4 cm³/mol. The van der Waals surface area contributed by atoms with Crippen molar-refractivity contribution >= 4 is 53.5 Å². The Kier molecular flexibility index (Phi) is 4.23. The monoisotopic (exact) mass is 461 g/mol. The lowest BCUT2D eigenvalue weighted by Gasteiger charge is -2.12. The van der Waals surface area contributed by atoms with Crippen LogP contribution in [0.5, 0.6) is 11.5 Å². The number of anilines is 1. The van der Waals surface area contributed by atoms with Crippen LogP contribution in [0.4, 0.5) is 5.69 Å². The topological polar surface area (TPSA) is 30.5 Å². The van der Waals surface area contributed by atoms with Crippen molar-refractivity contribution in [2.24, 2.45) is 0 Å². The quantitative estimate of drug-likeness (QED) is 0.668. The van der Waals surface area contributed by atoms with Crippen LogP contribution in [0.2, 0.25) is 0 Å². The molecule has 1 aliphatic rings. The zero-order valence-corrected chi connectivity index (χ0v) is 15.0. The second-order valence-corrected chi connectivity index (χ2v) is 6.87. The minimum absolute atomic E-state index is 0.290. The van der Waals surface area contributed by atoms with Gasteiger partial charge in [0.15, 0.2) is 11.5 Å². The highest BCUT2D eigenvalue weighted by Crippen LogP contribution is 2.38. The summed E-state index contributed by atoms with van der Waals surface area (Å²) in [6.45, 7) is 0.948. The summed E-state index contributed by atoms with van der Waals surface area (Å²) in [7, 11) is 0. The SMILES string of the molecule is Brc1cc(Br)c(NCc2cccc3c2OCO3)c(Br)c1. The molecular formula is C14H10Br3NO2. The Morgan fingerprint density at radius 1 is 1.05 bits per heavy atom. The van der Waals surface area contributed by atoms with Crippen LogP contribution in [0.15, 0.2) is 43.7 Å². The summed E-state index contributed by atoms with van der Waals surface area (Å²) < 4.78 is 13.9. The van der Waals surface area contributed by atoms with E-state index in [9.17, 15) is 0 Å². The summed E-state index contributed by atoms with van der Waals surface area (Å²) in [5.41, 5.74) is 2.08. The fraction of sp³-hybridized carbons (Fsp3) is 0.143. The molecule has 0 saturated heterocycles. The molecule has 3 rings (SSSR count).